The molecule has 1 unspecified atom stereocenters. The lowest BCUT2D eigenvalue weighted by Gasteiger charge is -2.35. The van der Waals surface area contributed by atoms with Crippen LogP contribution in [0.5, 0.6) is 0 Å². The van der Waals surface area contributed by atoms with Gasteiger partial charge in [0.05, 0.1) is 6.04 Å². The number of urea groups is 1. The molecule has 0 aliphatic carbocycles. The molecular weight excluding hydrogens is 302 g/mol. The number of anilines is 1. The van der Waals surface area contributed by atoms with Crippen molar-refractivity contribution in [3.63, 3.8) is 0 Å². The predicted molar refractivity (Wildman–Crippen MR) is 82.5 cm³/mol. The second-order valence-corrected chi connectivity index (χ2v) is 5.56. The first-order valence-corrected chi connectivity index (χ1v) is 7.51. The third-order valence-electron chi connectivity index (χ3n) is 4.06. The number of hydrogen-bond donors (Lipinski definition) is 1. The van der Waals surface area contributed by atoms with Gasteiger partial charge in [-0.3, -0.25) is 10.00 Å². The molecule has 2 heterocycles. The summed E-state index contributed by atoms with van der Waals surface area (Å²) in [5.41, 5.74) is 2.39. The molecule has 0 radical (unpaired) electrons. The largest absolute Gasteiger partial charge is 0.323 e. The average Bonchev–Trinajstić information content (AvgIpc) is 2.94. The van der Waals surface area contributed by atoms with E-state index in [1.807, 2.05) is 25.1 Å². The molecule has 1 N–H and O–H groups in total. The van der Waals surface area contributed by atoms with Gasteiger partial charge in [0.15, 0.2) is 5.82 Å². The van der Waals surface area contributed by atoms with E-state index in [-0.39, 0.29) is 17.9 Å². The highest BCUT2D eigenvalue weighted by molar-refractivity contribution is 5.88. The van der Waals surface area contributed by atoms with Crippen molar-refractivity contribution in [1.82, 2.24) is 14.7 Å². The van der Waals surface area contributed by atoms with Gasteiger partial charge in [-0.1, -0.05) is 24.3 Å². The van der Waals surface area contributed by atoms with Gasteiger partial charge in [-0.2, -0.15) is 5.10 Å². The Kier molecular flexibility index (Phi) is 4.27. The molecule has 3 rings (SSSR count). The summed E-state index contributed by atoms with van der Waals surface area (Å²) in [5, 5.41) is 6.61. The molecule has 7 heteroatoms. The van der Waals surface area contributed by atoms with Gasteiger partial charge in [-0.25, -0.2) is 13.6 Å². The first kappa shape index (κ1) is 15.5. The third-order valence-corrected chi connectivity index (χ3v) is 4.06. The Morgan fingerprint density at radius 3 is 2.96 bits per heavy atom. The maximum Gasteiger partial charge on any atom is 0.323 e. The van der Waals surface area contributed by atoms with Crippen LogP contribution in [0.3, 0.4) is 0 Å². The Labute approximate surface area is 132 Å². The smallest absolute Gasteiger partial charge is 0.317 e. The maximum absolute atomic E-state index is 12.4. The minimum absolute atomic E-state index is 0.0388. The lowest BCUT2D eigenvalue weighted by molar-refractivity contribution is 0.122. The number of carbonyl (C=O) groups excluding carboxylic acids is 1. The van der Waals surface area contributed by atoms with Crippen LogP contribution in [0.4, 0.5) is 19.4 Å². The van der Waals surface area contributed by atoms with Crippen LogP contribution < -0.4 is 5.32 Å². The molecule has 1 aliphatic rings. The fourth-order valence-electron chi connectivity index (χ4n) is 2.90. The number of rotatable bonds is 3. The first-order valence-electron chi connectivity index (χ1n) is 7.51. The standard InChI is InChI=1S/C16H18F2N4O/c1-11-13-5-3-2-4-12(13)6-9-22(11)16(23)19-15-7-8-21(20-15)10-14(17)18/h2-5,7-8,11,14H,6,9-10H2,1H3,(H,19,20,23). The minimum atomic E-state index is -2.47. The van der Waals surface area contributed by atoms with Crippen molar-refractivity contribution >= 4 is 11.8 Å². The van der Waals surface area contributed by atoms with Crippen molar-refractivity contribution in [1.29, 1.82) is 0 Å². The highest BCUT2D eigenvalue weighted by Crippen LogP contribution is 2.29. The van der Waals surface area contributed by atoms with Crippen molar-refractivity contribution in [3.05, 3.63) is 47.7 Å². The van der Waals surface area contributed by atoms with E-state index in [2.05, 4.69) is 16.5 Å². The van der Waals surface area contributed by atoms with Gasteiger partial charge in [0.25, 0.3) is 6.43 Å². The lowest BCUT2D eigenvalue weighted by Crippen LogP contribution is -2.41. The fourth-order valence-corrected chi connectivity index (χ4v) is 2.90. The van der Waals surface area contributed by atoms with Crippen LogP contribution in [-0.4, -0.2) is 33.7 Å². The molecule has 1 atom stereocenters. The highest BCUT2D eigenvalue weighted by Gasteiger charge is 2.27. The summed E-state index contributed by atoms with van der Waals surface area (Å²) in [6.45, 7) is 2.11. The van der Waals surface area contributed by atoms with E-state index in [1.54, 1.807) is 4.90 Å². The van der Waals surface area contributed by atoms with Gasteiger partial charge < -0.3 is 4.90 Å². The highest BCUT2D eigenvalue weighted by atomic mass is 19.3. The number of aromatic nitrogens is 2. The van der Waals surface area contributed by atoms with Crippen LogP contribution >= 0.6 is 0 Å². The quantitative estimate of drug-likeness (QED) is 0.943. The van der Waals surface area contributed by atoms with Crippen molar-refractivity contribution in [2.75, 3.05) is 11.9 Å². The molecule has 5 nitrogen and oxygen atoms in total. The van der Waals surface area contributed by atoms with Gasteiger partial charge in [-0.15, -0.1) is 0 Å². The number of carbonyl (C=O) groups is 1. The van der Waals surface area contributed by atoms with E-state index >= 15 is 0 Å². The Hall–Kier alpha value is -2.44. The molecule has 1 aliphatic heterocycles. The number of nitrogens with zero attached hydrogens (tertiary/aromatic N) is 3. The molecule has 0 spiro atoms. The maximum atomic E-state index is 12.4. The predicted octanol–water partition coefficient (Wildman–Crippen LogP) is 3.30. The van der Waals surface area contributed by atoms with E-state index in [4.69, 9.17) is 0 Å². The summed E-state index contributed by atoms with van der Waals surface area (Å²) in [6.07, 6.45) is -0.248. The number of halogens is 2. The second kappa shape index (κ2) is 6.36. The van der Waals surface area contributed by atoms with E-state index in [0.29, 0.717) is 6.54 Å². The van der Waals surface area contributed by atoms with Crippen LogP contribution in [0.25, 0.3) is 0 Å². The van der Waals surface area contributed by atoms with Crippen LogP contribution in [0.2, 0.25) is 0 Å². The van der Waals surface area contributed by atoms with Gasteiger partial charge in [0.2, 0.25) is 0 Å². The Morgan fingerprint density at radius 1 is 1.39 bits per heavy atom. The number of amides is 2. The average molecular weight is 320 g/mol. The van der Waals surface area contributed by atoms with Gasteiger partial charge in [0, 0.05) is 18.8 Å². The lowest BCUT2D eigenvalue weighted by atomic mass is 9.94. The van der Waals surface area contributed by atoms with Crippen LogP contribution in [0.1, 0.15) is 24.1 Å². The number of alkyl halides is 2. The number of hydrogen-bond acceptors (Lipinski definition) is 2. The summed E-state index contributed by atoms with van der Waals surface area (Å²) in [5.74, 6) is 0.279. The topological polar surface area (TPSA) is 50.2 Å². The molecule has 2 aromatic rings. The second-order valence-electron chi connectivity index (χ2n) is 5.56. The van der Waals surface area contributed by atoms with Crippen LogP contribution in [0, 0.1) is 0 Å². The van der Waals surface area contributed by atoms with Gasteiger partial charge >= 0.3 is 6.03 Å². The molecule has 0 fully saturated rings. The normalized spacial score (nSPS) is 17.2. The fraction of sp³-hybridized carbons (Fsp3) is 0.375. The minimum Gasteiger partial charge on any atom is -0.317 e. The SMILES string of the molecule is CC1c2ccccc2CCN1C(=O)Nc1ccn(CC(F)F)n1. The zero-order valence-corrected chi connectivity index (χ0v) is 12.7. The van der Waals surface area contributed by atoms with Crippen LogP contribution in [-0.2, 0) is 13.0 Å². The Balaban J connectivity index is 1.68. The summed E-state index contributed by atoms with van der Waals surface area (Å²) >= 11 is 0. The monoisotopic (exact) mass is 320 g/mol. The number of fused-ring (bicyclic) bond motifs is 1. The van der Waals surface area contributed by atoms with Crippen LogP contribution in [0.15, 0.2) is 36.5 Å². The summed E-state index contributed by atoms with van der Waals surface area (Å²) in [7, 11) is 0. The molecule has 0 bridgehead atoms. The zero-order chi connectivity index (χ0) is 16.4. The molecule has 1 aromatic carbocycles. The summed E-state index contributed by atoms with van der Waals surface area (Å²) < 4.78 is 25.8. The first-order chi connectivity index (χ1) is 11.0. The van der Waals surface area contributed by atoms with E-state index in [1.165, 1.54) is 17.8 Å². The molecule has 1 aromatic heterocycles. The van der Waals surface area contributed by atoms with E-state index in [0.717, 1.165) is 16.7 Å². The van der Waals surface area contributed by atoms with Gasteiger partial charge in [0.1, 0.15) is 6.54 Å². The van der Waals surface area contributed by atoms with Gasteiger partial charge in [-0.05, 0) is 24.5 Å². The summed E-state index contributed by atoms with van der Waals surface area (Å²) in [4.78, 5) is 14.2. The van der Waals surface area contributed by atoms with E-state index < -0.39 is 13.0 Å². The molecule has 122 valence electrons. The van der Waals surface area contributed by atoms with E-state index in [9.17, 15) is 13.6 Å². The Morgan fingerprint density at radius 2 is 2.17 bits per heavy atom. The molecular formula is C16H18F2N4O. The molecule has 0 saturated carbocycles. The number of nitrogens with one attached hydrogen (secondary N) is 1. The molecule has 2 amide bonds. The Bertz CT molecular complexity index is 701. The molecule has 0 saturated heterocycles. The summed E-state index contributed by atoms with van der Waals surface area (Å²) in [6, 6.07) is 9.27. The molecule has 23 heavy (non-hydrogen) atoms. The van der Waals surface area contributed by atoms with Crippen molar-refractivity contribution in [2.45, 2.75) is 32.4 Å². The van der Waals surface area contributed by atoms with Crippen molar-refractivity contribution in [2.24, 2.45) is 0 Å². The van der Waals surface area contributed by atoms with Crippen molar-refractivity contribution < 1.29 is 13.6 Å². The van der Waals surface area contributed by atoms with Crippen molar-refractivity contribution in [3.8, 4) is 0 Å². The third kappa shape index (κ3) is 3.33. The zero-order valence-electron chi connectivity index (χ0n) is 12.7. The number of benzene rings is 1.